The Balaban J connectivity index is 1.54. The Morgan fingerprint density at radius 2 is 2.25 bits per heavy atom. The molecule has 0 aliphatic carbocycles. The first-order valence-electron chi connectivity index (χ1n) is 9.10. The van der Waals surface area contributed by atoms with Gasteiger partial charge in [-0.2, -0.15) is 0 Å². The number of thiophene rings is 1. The van der Waals surface area contributed by atoms with Crippen LogP contribution in [0.3, 0.4) is 0 Å². The van der Waals surface area contributed by atoms with Gasteiger partial charge in [-0.05, 0) is 63.5 Å². The first kappa shape index (κ1) is 16.3. The van der Waals surface area contributed by atoms with E-state index in [9.17, 15) is 4.79 Å². The molecule has 0 spiro atoms. The van der Waals surface area contributed by atoms with Gasteiger partial charge in [0.05, 0.1) is 12.0 Å². The lowest BCUT2D eigenvalue weighted by molar-refractivity contribution is -0.157. The van der Waals surface area contributed by atoms with Gasteiger partial charge in [-0.25, -0.2) is 0 Å². The number of hydrogen-bond acceptors (Lipinski definition) is 4. The van der Waals surface area contributed by atoms with Crippen molar-refractivity contribution in [1.82, 2.24) is 4.90 Å². The number of esters is 1. The molecule has 4 aliphatic rings. The van der Waals surface area contributed by atoms with Gasteiger partial charge in [0.1, 0.15) is 0 Å². The van der Waals surface area contributed by atoms with Gasteiger partial charge in [0.25, 0.3) is 0 Å². The lowest BCUT2D eigenvalue weighted by Crippen LogP contribution is -2.57. The van der Waals surface area contributed by atoms with Gasteiger partial charge in [0.2, 0.25) is 0 Å². The molecule has 24 heavy (non-hydrogen) atoms. The van der Waals surface area contributed by atoms with Gasteiger partial charge in [-0.1, -0.05) is 11.6 Å². The van der Waals surface area contributed by atoms with E-state index in [4.69, 9.17) is 4.74 Å². The van der Waals surface area contributed by atoms with Crippen molar-refractivity contribution in [3.63, 3.8) is 0 Å². The molecule has 3 nitrogen and oxygen atoms in total. The molecule has 5 heterocycles. The molecule has 0 saturated carbocycles. The molecule has 1 aromatic rings. The standard InChI is InChI=1S/C20H27NO2S/c1-20(2,3)19(22)23-12-17-16-10-14-6-7-18(17)21(14)11-13(16)9-15-5-4-8-24-15/h4-5,8-9,14,16-18H,6-7,10-12H2,1-3H3/b13-9+/t14-,16+,17-,18+/m0/s1. The zero-order valence-electron chi connectivity index (χ0n) is 14.8. The number of fused-ring (bicyclic) bond motifs is 1. The second-order valence-corrected chi connectivity index (χ2v) is 9.54. The van der Waals surface area contributed by atoms with Crippen LogP contribution in [0.2, 0.25) is 0 Å². The Morgan fingerprint density at radius 3 is 2.96 bits per heavy atom. The summed E-state index contributed by atoms with van der Waals surface area (Å²) in [4.78, 5) is 16.2. The van der Waals surface area contributed by atoms with Crippen LogP contribution >= 0.6 is 11.3 Å². The number of hydrogen-bond donors (Lipinski definition) is 0. The molecule has 5 atom stereocenters. The van der Waals surface area contributed by atoms with E-state index in [2.05, 4.69) is 28.5 Å². The summed E-state index contributed by atoms with van der Waals surface area (Å²) in [6.45, 7) is 7.48. The minimum absolute atomic E-state index is 0.0720. The zero-order chi connectivity index (χ0) is 16.9. The van der Waals surface area contributed by atoms with Gasteiger partial charge >= 0.3 is 5.97 Å². The minimum atomic E-state index is -0.415. The van der Waals surface area contributed by atoms with Crippen LogP contribution in [0.4, 0.5) is 0 Å². The van der Waals surface area contributed by atoms with Crippen LogP contribution in [0.25, 0.3) is 6.08 Å². The van der Waals surface area contributed by atoms with Gasteiger partial charge < -0.3 is 4.74 Å². The number of rotatable bonds is 3. The lowest BCUT2D eigenvalue weighted by Gasteiger charge is -2.51. The maximum absolute atomic E-state index is 12.2. The molecule has 4 fully saturated rings. The van der Waals surface area contributed by atoms with Crippen molar-refractivity contribution in [1.29, 1.82) is 0 Å². The zero-order valence-corrected chi connectivity index (χ0v) is 15.6. The molecule has 4 heteroatoms. The second-order valence-electron chi connectivity index (χ2n) is 8.56. The van der Waals surface area contributed by atoms with E-state index in [-0.39, 0.29) is 5.97 Å². The van der Waals surface area contributed by atoms with Crippen molar-refractivity contribution < 1.29 is 9.53 Å². The topological polar surface area (TPSA) is 29.5 Å². The number of piperidine rings is 3. The average molecular weight is 346 g/mol. The van der Waals surface area contributed by atoms with Crippen LogP contribution in [0, 0.1) is 17.3 Å². The Kier molecular flexibility index (Phi) is 4.08. The molecule has 5 rings (SSSR count). The van der Waals surface area contributed by atoms with Gasteiger partial charge in [-0.3, -0.25) is 9.69 Å². The predicted molar refractivity (Wildman–Crippen MR) is 97.8 cm³/mol. The predicted octanol–water partition coefficient (Wildman–Crippen LogP) is 4.20. The summed E-state index contributed by atoms with van der Waals surface area (Å²) in [5.74, 6) is 0.981. The van der Waals surface area contributed by atoms with Crippen LogP contribution < -0.4 is 0 Å². The number of nitrogens with zero attached hydrogens (tertiary/aromatic N) is 1. The highest BCUT2D eigenvalue weighted by Crippen LogP contribution is 2.50. The van der Waals surface area contributed by atoms with Gasteiger partial charge in [0, 0.05) is 29.4 Å². The van der Waals surface area contributed by atoms with Crippen molar-refractivity contribution in [2.45, 2.75) is 52.1 Å². The van der Waals surface area contributed by atoms with E-state index in [1.165, 1.54) is 24.1 Å². The largest absolute Gasteiger partial charge is 0.465 e. The van der Waals surface area contributed by atoms with E-state index in [0.29, 0.717) is 24.5 Å². The van der Waals surface area contributed by atoms with Crippen LogP contribution in [0.1, 0.15) is 44.9 Å². The van der Waals surface area contributed by atoms with Gasteiger partial charge in [-0.15, -0.1) is 11.3 Å². The third-order valence-electron chi connectivity index (χ3n) is 5.96. The third kappa shape index (κ3) is 2.84. The van der Waals surface area contributed by atoms with Crippen LogP contribution in [0.15, 0.2) is 23.1 Å². The van der Waals surface area contributed by atoms with E-state index >= 15 is 0 Å². The van der Waals surface area contributed by atoms with E-state index in [1.54, 1.807) is 16.9 Å². The quantitative estimate of drug-likeness (QED) is 0.769. The smallest absolute Gasteiger partial charge is 0.311 e. The van der Waals surface area contributed by atoms with E-state index in [0.717, 1.165) is 12.6 Å². The van der Waals surface area contributed by atoms with Crippen molar-refractivity contribution in [3.8, 4) is 0 Å². The highest BCUT2D eigenvalue weighted by Gasteiger charge is 2.52. The van der Waals surface area contributed by atoms with Crippen molar-refractivity contribution >= 4 is 23.4 Å². The fourth-order valence-corrected chi connectivity index (χ4v) is 5.43. The lowest BCUT2D eigenvalue weighted by atomic mass is 9.71. The maximum atomic E-state index is 12.2. The first-order chi connectivity index (χ1) is 11.4. The summed E-state index contributed by atoms with van der Waals surface area (Å²) in [6, 6.07) is 5.68. The summed E-state index contributed by atoms with van der Waals surface area (Å²) < 4.78 is 5.74. The second kappa shape index (κ2) is 5.99. The van der Waals surface area contributed by atoms with Crippen molar-refractivity contribution in [2.24, 2.45) is 17.3 Å². The highest BCUT2D eigenvalue weighted by molar-refractivity contribution is 7.10. The maximum Gasteiger partial charge on any atom is 0.311 e. The molecule has 0 radical (unpaired) electrons. The van der Waals surface area contributed by atoms with Crippen LogP contribution in [-0.2, 0) is 9.53 Å². The summed E-state index contributed by atoms with van der Waals surface area (Å²) >= 11 is 1.80. The van der Waals surface area contributed by atoms with Crippen molar-refractivity contribution in [3.05, 3.63) is 28.0 Å². The normalized spacial score (nSPS) is 36.3. The molecule has 0 aromatic carbocycles. The Morgan fingerprint density at radius 1 is 1.42 bits per heavy atom. The summed E-state index contributed by atoms with van der Waals surface area (Å²) in [6.07, 6.45) is 6.21. The molecule has 4 bridgehead atoms. The molecule has 1 unspecified atom stereocenters. The SMILES string of the molecule is CC(C)(C)C(=O)OC[C@H]1[C@@H]2C[C@@H]3CC[C@H]1N3C/C2=C\c1cccs1. The molecular weight excluding hydrogens is 318 g/mol. The first-order valence-corrected chi connectivity index (χ1v) is 9.98. The number of ether oxygens (including phenoxy) is 1. The minimum Gasteiger partial charge on any atom is -0.465 e. The molecule has 0 amide bonds. The van der Waals surface area contributed by atoms with Crippen LogP contribution in [-0.4, -0.2) is 36.1 Å². The summed E-state index contributed by atoms with van der Waals surface area (Å²) in [5.41, 5.74) is 1.13. The highest BCUT2D eigenvalue weighted by atomic mass is 32.1. The van der Waals surface area contributed by atoms with E-state index in [1.807, 2.05) is 20.8 Å². The molecule has 4 aliphatic heterocycles. The summed E-state index contributed by atoms with van der Waals surface area (Å²) in [5, 5.41) is 2.14. The fraction of sp³-hybridized carbons (Fsp3) is 0.650. The van der Waals surface area contributed by atoms with E-state index < -0.39 is 5.41 Å². The van der Waals surface area contributed by atoms with Crippen LogP contribution in [0.5, 0.6) is 0 Å². The Labute approximate surface area is 148 Å². The Bertz CT molecular complexity index is 643. The van der Waals surface area contributed by atoms with Gasteiger partial charge in [0.15, 0.2) is 0 Å². The molecule has 1 aromatic heterocycles. The third-order valence-corrected chi connectivity index (χ3v) is 6.78. The summed E-state index contributed by atoms with van der Waals surface area (Å²) in [7, 11) is 0. The molecular formula is C20H27NO2S. The Hall–Kier alpha value is -1.13. The molecule has 4 saturated heterocycles. The average Bonchev–Trinajstić information content (AvgIpc) is 3.14. The molecule has 130 valence electrons. The molecule has 0 N–H and O–H groups in total. The monoisotopic (exact) mass is 345 g/mol. The van der Waals surface area contributed by atoms with Crippen molar-refractivity contribution in [2.75, 3.05) is 13.2 Å². The fourth-order valence-electron chi connectivity index (χ4n) is 4.74. The number of carbonyl (C=O) groups excluding carboxylic acids is 1. The number of carbonyl (C=O) groups is 1.